The number of aliphatic imine (C=N–C) groups is 1. The average Bonchev–Trinajstić information content (AvgIpc) is 2.51. The highest BCUT2D eigenvalue weighted by atomic mass is 15.2. The van der Waals surface area contributed by atoms with Gasteiger partial charge in [-0.05, 0) is 27.0 Å². The maximum atomic E-state index is 3.81. The molecule has 1 atom stereocenters. The van der Waals surface area contributed by atoms with E-state index < -0.39 is 0 Å². The van der Waals surface area contributed by atoms with E-state index >= 15 is 0 Å². The molecule has 0 aromatic heterocycles. The van der Waals surface area contributed by atoms with Crippen LogP contribution in [0.25, 0.3) is 0 Å². The second kappa shape index (κ2) is 7.00. The molecular formula is C10H20N4. The number of nitrogens with zero attached hydrogens (tertiary/aromatic N) is 1. The summed E-state index contributed by atoms with van der Waals surface area (Å²) in [4.78, 5) is 3.81. The van der Waals surface area contributed by atoms with Crippen LogP contribution in [0.15, 0.2) is 29.7 Å². The molecule has 0 bridgehead atoms. The van der Waals surface area contributed by atoms with Crippen LogP contribution in [0.3, 0.4) is 0 Å². The highest BCUT2D eigenvalue weighted by molar-refractivity contribution is 5.80. The fourth-order valence-electron chi connectivity index (χ4n) is 0.887. The van der Waals surface area contributed by atoms with Crippen LogP contribution in [0.2, 0.25) is 0 Å². The van der Waals surface area contributed by atoms with E-state index in [-0.39, 0.29) is 0 Å². The molecule has 0 amide bonds. The first kappa shape index (κ1) is 12.6. The molecule has 0 fully saturated rings. The van der Waals surface area contributed by atoms with E-state index in [2.05, 4.69) is 34.4 Å². The molecule has 1 rings (SSSR count). The quantitative estimate of drug-likeness (QED) is 0.435. The molecule has 14 heavy (non-hydrogen) atoms. The number of nitrogens with one attached hydrogen (secondary N) is 3. The Balaban J connectivity index is 0.000000241. The van der Waals surface area contributed by atoms with Gasteiger partial charge >= 0.3 is 0 Å². The standard InChI is InChI=1S/2C5H10N2/c1-4-3-6-5(2)7-4;1-4-7-5(2)6-3/h3,5-7H,1-2H3;4H,1H2,2-3H3,(H,6,7). The van der Waals surface area contributed by atoms with Gasteiger partial charge in [0.25, 0.3) is 0 Å². The Kier molecular flexibility index (Phi) is 6.28. The van der Waals surface area contributed by atoms with Crippen LogP contribution in [0.1, 0.15) is 20.8 Å². The van der Waals surface area contributed by atoms with E-state index in [1.54, 1.807) is 13.2 Å². The van der Waals surface area contributed by atoms with Gasteiger partial charge in [-0.2, -0.15) is 0 Å². The Labute approximate surface area is 86.2 Å². The highest BCUT2D eigenvalue weighted by Crippen LogP contribution is 1.93. The van der Waals surface area contributed by atoms with E-state index in [4.69, 9.17) is 0 Å². The third-order valence-corrected chi connectivity index (χ3v) is 1.64. The van der Waals surface area contributed by atoms with E-state index in [0.717, 1.165) is 5.84 Å². The number of hydrogen-bond acceptors (Lipinski definition) is 3. The van der Waals surface area contributed by atoms with Gasteiger partial charge in [0.05, 0.1) is 12.0 Å². The molecule has 1 heterocycles. The van der Waals surface area contributed by atoms with Crippen LogP contribution in [0.4, 0.5) is 0 Å². The van der Waals surface area contributed by atoms with E-state index in [1.807, 2.05) is 20.0 Å². The molecule has 1 aliphatic rings. The minimum absolute atomic E-state index is 0.431. The van der Waals surface area contributed by atoms with Gasteiger partial charge < -0.3 is 16.0 Å². The fourth-order valence-corrected chi connectivity index (χ4v) is 0.887. The topological polar surface area (TPSA) is 48.5 Å². The number of allylic oxidation sites excluding steroid dienone is 1. The van der Waals surface area contributed by atoms with Crippen molar-refractivity contribution in [3.05, 3.63) is 24.7 Å². The maximum absolute atomic E-state index is 3.81. The summed E-state index contributed by atoms with van der Waals surface area (Å²) in [5.74, 6) is 0.884. The van der Waals surface area contributed by atoms with Crippen molar-refractivity contribution in [3.8, 4) is 0 Å². The first-order chi connectivity index (χ1) is 6.60. The van der Waals surface area contributed by atoms with Gasteiger partial charge in [0.15, 0.2) is 0 Å². The minimum Gasteiger partial charge on any atom is -0.370 e. The normalized spacial score (nSPS) is 19.6. The lowest BCUT2D eigenvalue weighted by molar-refractivity contribution is 0.613. The van der Waals surface area contributed by atoms with E-state index in [9.17, 15) is 0 Å². The van der Waals surface area contributed by atoms with Gasteiger partial charge in [-0.3, -0.25) is 4.99 Å². The van der Waals surface area contributed by atoms with Gasteiger partial charge in [0.1, 0.15) is 0 Å². The number of rotatable bonds is 1. The third kappa shape index (κ3) is 6.11. The summed E-state index contributed by atoms with van der Waals surface area (Å²) in [6, 6.07) is 0. The first-order valence-corrected chi connectivity index (χ1v) is 4.60. The monoisotopic (exact) mass is 196 g/mol. The summed E-state index contributed by atoms with van der Waals surface area (Å²) in [5.41, 5.74) is 1.22. The Bertz CT molecular complexity index is 230. The van der Waals surface area contributed by atoms with Crippen LogP contribution in [0.5, 0.6) is 0 Å². The molecule has 4 heteroatoms. The van der Waals surface area contributed by atoms with Crippen molar-refractivity contribution in [1.29, 1.82) is 0 Å². The number of hydrogen-bond donors (Lipinski definition) is 3. The lowest BCUT2D eigenvalue weighted by Gasteiger charge is -2.02. The molecule has 0 aromatic rings. The molecule has 1 unspecified atom stereocenters. The molecule has 3 N–H and O–H groups in total. The van der Waals surface area contributed by atoms with Crippen molar-refractivity contribution in [1.82, 2.24) is 16.0 Å². The summed E-state index contributed by atoms with van der Waals surface area (Å²) in [6.07, 6.45) is 4.01. The van der Waals surface area contributed by atoms with Crippen molar-refractivity contribution in [3.63, 3.8) is 0 Å². The maximum Gasteiger partial charge on any atom is 0.0967 e. The lowest BCUT2D eigenvalue weighted by atomic mass is 10.5. The predicted molar refractivity (Wildman–Crippen MR) is 61.9 cm³/mol. The zero-order valence-corrected chi connectivity index (χ0v) is 9.39. The molecular weight excluding hydrogens is 176 g/mol. The summed E-state index contributed by atoms with van der Waals surface area (Å²) in [6.45, 7) is 9.45. The second-order valence-corrected chi connectivity index (χ2v) is 3.02. The lowest BCUT2D eigenvalue weighted by Crippen LogP contribution is -2.27. The van der Waals surface area contributed by atoms with Crippen LogP contribution < -0.4 is 16.0 Å². The number of amidine groups is 1. The summed E-state index contributed by atoms with van der Waals surface area (Å²) in [7, 11) is 1.73. The average molecular weight is 196 g/mol. The summed E-state index contributed by atoms with van der Waals surface area (Å²) in [5, 5.41) is 9.07. The molecule has 0 aliphatic carbocycles. The Morgan fingerprint density at radius 3 is 2.50 bits per heavy atom. The van der Waals surface area contributed by atoms with Crippen LogP contribution in [0, 0.1) is 0 Å². The van der Waals surface area contributed by atoms with Gasteiger partial charge in [0, 0.05) is 18.9 Å². The van der Waals surface area contributed by atoms with E-state index in [0.29, 0.717) is 6.17 Å². The SMILES string of the molecule is C=CNC(C)=NC.CC1=CNC(C)N1. The highest BCUT2D eigenvalue weighted by Gasteiger charge is 2.02. The Morgan fingerprint density at radius 1 is 1.71 bits per heavy atom. The summed E-state index contributed by atoms with van der Waals surface area (Å²) < 4.78 is 0. The second-order valence-electron chi connectivity index (χ2n) is 3.02. The molecule has 0 aromatic carbocycles. The van der Waals surface area contributed by atoms with Gasteiger partial charge in [0.2, 0.25) is 0 Å². The van der Waals surface area contributed by atoms with Gasteiger partial charge in [-0.25, -0.2) is 0 Å². The third-order valence-electron chi connectivity index (χ3n) is 1.64. The minimum atomic E-state index is 0.431. The zero-order chi connectivity index (χ0) is 11.0. The Morgan fingerprint density at radius 2 is 2.36 bits per heavy atom. The first-order valence-electron chi connectivity index (χ1n) is 4.60. The van der Waals surface area contributed by atoms with Crippen LogP contribution in [-0.2, 0) is 0 Å². The van der Waals surface area contributed by atoms with Crippen molar-refractivity contribution >= 4 is 5.84 Å². The molecule has 0 saturated carbocycles. The Hall–Kier alpha value is -1.45. The summed E-state index contributed by atoms with van der Waals surface area (Å²) >= 11 is 0. The zero-order valence-electron chi connectivity index (χ0n) is 9.39. The molecule has 0 spiro atoms. The molecule has 80 valence electrons. The van der Waals surface area contributed by atoms with Crippen molar-refractivity contribution in [2.75, 3.05) is 7.05 Å². The van der Waals surface area contributed by atoms with Crippen LogP contribution in [-0.4, -0.2) is 19.0 Å². The molecule has 1 aliphatic heterocycles. The molecule has 0 saturated heterocycles. The van der Waals surface area contributed by atoms with Crippen LogP contribution >= 0.6 is 0 Å². The van der Waals surface area contributed by atoms with Gasteiger partial charge in [-0.1, -0.05) is 6.58 Å². The van der Waals surface area contributed by atoms with Crippen molar-refractivity contribution < 1.29 is 0 Å². The smallest absolute Gasteiger partial charge is 0.0967 e. The van der Waals surface area contributed by atoms with Crippen molar-refractivity contribution in [2.24, 2.45) is 4.99 Å². The largest absolute Gasteiger partial charge is 0.370 e. The van der Waals surface area contributed by atoms with Crippen molar-refractivity contribution in [2.45, 2.75) is 26.9 Å². The molecule has 4 nitrogen and oxygen atoms in total. The molecule has 0 radical (unpaired) electrons. The predicted octanol–water partition coefficient (Wildman–Crippen LogP) is 1.15. The fraction of sp³-hybridized carbons (Fsp3) is 0.500. The van der Waals surface area contributed by atoms with E-state index in [1.165, 1.54) is 5.70 Å². The van der Waals surface area contributed by atoms with Gasteiger partial charge in [-0.15, -0.1) is 0 Å².